The van der Waals surface area contributed by atoms with Gasteiger partial charge in [0.1, 0.15) is 11.9 Å². The molecule has 5 rings (SSSR count). The molecule has 0 saturated carbocycles. The van der Waals surface area contributed by atoms with Crippen LogP contribution in [0.2, 0.25) is 0 Å². The summed E-state index contributed by atoms with van der Waals surface area (Å²) in [6.45, 7) is 3.83. The lowest BCUT2D eigenvalue weighted by molar-refractivity contribution is 0.142. The third-order valence-electron chi connectivity index (χ3n) is 7.01. The fourth-order valence-corrected chi connectivity index (χ4v) is 6.65. The van der Waals surface area contributed by atoms with Gasteiger partial charge in [0.2, 0.25) is 15.6 Å². The molecule has 0 spiro atoms. The molecule has 0 aliphatic rings. The number of hydrogen-bond acceptors (Lipinski definition) is 7. The summed E-state index contributed by atoms with van der Waals surface area (Å²) in [7, 11) is -2.32. The summed E-state index contributed by atoms with van der Waals surface area (Å²) in [5.74, 6) is 0.355. The van der Waals surface area contributed by atoms with Crippen molar-refractivity contribution in [3.05, 3.63) is 113 Å². The first-order valence-corrected chi connectivity index (χ1v) is 16.7. The van der Waals surface area contributed by atoms with E-state index in [0.29, 0.717) is 9.03 Å². The van der Waals surface area contributed by atoms with E-state index in [-0.39, 0.29) is 22.1 Å². The van der Waals surface area contributed by atoms with E-state index in [4.69, 9.17) is 4.74 Å². The SMILES string of the molecule is CC(C)[C@H](NS(=O)(=O)c1ccc(N(O)I=O)cc1)[C@H](Oc1ccc2c(cnn2-c2ccc(=O)n(C)c2)c1)c1ccccc1. The highest BCUT2D eigenvalue weighted by Crippen LogP contribution is 2.32. The van der Waals surface area contributed by atoms with Gasteiger partial charge in [0.05, 0.1) is 34.0 Å². The zero-order valence-electron chi connectivity index (χ0n) is 23.5. The molecular formula is C30H30IN5O6S. The van der Waals surface area contributed by atoms with Crippen LogP contribution in [-0.2, 0) is 20.1 Å². The molecule has 0 unspecified atom stereocenters. The topological polar surface area (TPSA) is 136 Å². The molecule has 2 aromatic heterocycles. The Hall–Kier alpha value is -3.92. The molecule has 3 aromatic carbocycles. The average Bonchev–Trinajstić information content (AvgIpc) is 3.43. The zero-order chi connectivity index (χ0) is 30.7. The van der Waals surface area contributed by atoms with Crippen molar-refractivity contribution in [1.29, 1.82) is 0 Å². The van der Waals surface area contributed by atoms with Gasteiger partial charge in [-0.15, -0.1) is 0 Å². The molecule has 0 bridgehead atoms. The van der Waals surface area contributed by atoms with Gasteiger partial charge in [-0.25, -0.2) is 20.9 Å². The normalized spacial score (nSPS) is 13.2. The molecule has 2 atom stereocenters. The van der Waals surface area contributed by atoms with Crippen molar-refractivity contribution >= 4 is 48.1 Å². The van der Waals surface area contributed by atoms with Gasteiger partial charge in [-0.3, -0.25) is 10.0 Å². The minimum atomic E-state index is -4.00. The summed E-state index contributed by atoms with van der Waals surface area (Å²) in [5.41, 5.74) is 2.45. The van der Waals surface area contributed by atoms with Crippen LogP contribution >= 0.6 is 21.5 Å². The van der Waals surface area contributed by atoms with Gasteiger partial charge >= 0.3 is 0 Å². The van der Waals surface area contributed by atoms with E-state index < -0.39 is 43.6 Å². The maximum absolute atomic E-state index is 13.5. The van der Waals surface area contributed by atoms with E-state index in [1.165, 1.54) is 34.9 Å². The summed E-state index contributed by atoms with van der Waals surface area (Å²) < 4.78 is 51.3. The molecular weight excluding hydrogens is 685 g/mol. The number of nitrogens with one attached hydrogen (secondary N) is 1. The number of aryl methyl sites for hydroxylation is 1. The number of halogens is 1. The first kappa shape index (κ1) is 30.5. The second-order valence-corrected chi connectivity index (χ2v) is 13.3. The highest BCUT2D eigenvalue weighted by Gasteiger charge is 2.32. The quantitative estimate of drug-likeness (QED) is 0.107. The number of aromatic nitrogens is 3. The smallest absolute Gasteiger partial charge is 0.300 e. The largest absolute Gasteiger partial charge is 0.484 e. The molecule has 0 radical (unpaired) electrons. The summed E-state index contributed by atoms with van der Waals surface area (Å²) in [6, 6.07) is 23.0. The monoisotopic (exact) mass is 715 g/mol. The van der Waals surface area contributed by atoms with Crippen molar-refractivity contribution in [3.8, 4) is 11.4 Å². The Morgan fingerprint density at radius 3 is 2.37 bits per heavy atom. The van der Waals surface area contributed by atoms with Crippen molar-refractivity contribution in [2.75, 3.05) is 3.28 Å². The third-order valence-corrected chi connectivity index (χ3v) is 9.41. The van der Waals surface area contributed by atoms with Gasteiger partial charge < -0.3 is 9.30 Å². The Morgan fingerprint density at radius 2 is 1.72 bits per heavy atom. The van der Waals surface area contributed by atoms with Crippen LogP contribution < -0.4 is 18.3 Å². The van der Waals surface area contributed by atoms with Gasteiger partial charge in [-0.1, -0.05) is 44.2 Å². The Kier molecular flexibility index (Phi) is 9.05. The van der Waals surface area contributed by atoms with Crippen molar-refractivity contribution in [1.82, 2.24) is 19.1 Å². The summed E-state index contributed by atoms with van der Waals surface area (Å²) in [4.78, 5) is 11.8. The van der Waals surface area contributed by atoms with Gasteiger partial charge in [-0.2, -0.15) is 8.38 Å². The average molecular weight is 716 g/mol. The van der Waals surface area contributed by atoms with Crippen LogP contribution in [0.15, 0.2) is 107 Å². The molecule has 43 heavy (non-hydrogen) atoms. The predicted octanol–water partition coefficient (Wildman–Crippen LogP) is 5.27. The van der Waals surface area contributed by atoms with E-state index in [9.17, 15) is 21.5 Å². The fourth-order valence-electron chi connectivity index (χ4n) is 4.72. The maximum Gasteiger partial charge on any atom is 0.300 e. The lowest BCUT2D eigenvalue weighted by atomic mass is 9.94. The Morgan fingerprint density at radius 1 is 1.00 bits per heavy atom. The Labute approximate surface area is 259 Å². The van der Waals surface area contributed by atoms with Gasteiger partial charge in [-0.05, 0) is 60.0 Å². The molecule has 2 heterocycles. The van der Waals surface area contributed by atoms with E-state index in [1.807, 2.05) is 62.4 Å². The van der Waals surface area contributed by atoms with Crippen molar-refractivity contribution in [2.24, 2.45) is 13.0 Å². The van der Waals surface area contributed by atoms with Crippen LogP contribution in [0.4, 0.5) is 5.69 Å². The van der Waals surface area contributed by atoms with E-state index >= 15 is 0 Å². The third kappa shape index (κ3) is 6.69. The lowest BCUT2D eigenvalue weighted by Gasteiger charge is -2.31. The molecule has 0 saturated heterocycles. The van der Waals surface area contributed by atoms with Crippen LogP contribution in [0.1, 0.15) is 25.5 Å². The molecule has 11 nitrogen and oxygen atoms in total. The second kappa shape index (κ2) is 12.8. The maximum atomic E-state index is 13.5. The Balaban J connectivity index is 1.47. The first-order valence-electron chi connectivity index (χ1n) is 13.3. The molecule has 5 aromatic rings. The van der Waals surface area contributed by atoms with E-state index in [1.54, 1.807) is 30.2 Å². The number of fused-ring (bicyclic) bond motifs is 1. The molecule has 224 valence electrons. The summed E-state index contributed by atoms with van der Waals surface area (Å²) in [6.07, 6.45) is 2.73. The molecule has 0 amide bonds. The van der Waals surface area contributed by atoms with Crippen LogP contribution in [-0.4, -0.2) is 34.0 Å². The highest BCUT2D eigenvalue weighted by atomic mass is 127. The minimum absolute atomic E-state index is 0.00143. The standard InChI is InChI=1S/C30H30IN5O6S/c1-20(2)29(33-43(40,41)26-13-9-23(10-14-26)36(39)31-38)30(21-7-5-4-6-8-21)42-25-12-15-27-22(17-25)18-32-35(27)24-11-16-28(37)34(3)19-24/h4-20,29-30,33,39H,1-3H3/t29-,30+/m0/s1. The fraction of sp³-hybridized carbons (Fsp3) is 0.200. The predicted molar refractivity (Wildman–Crippen MR) is 170 cm³/mol. The van der Waals surface area contributed by atoms with Crippen LogP contribution in [0, 0.1) is 5.92 Å². The number of sulfonamides is 1. The van der Waals surface area contributed by atoms with Gasteiger partial charge in [0.15, 0.2) is 0 Å². The van der Waals surface area contributed by atoms with Gasteiger partial charge in [0, 0.05) is 24.7 Å². The number of benzene rings is 3. The minimum Gasteiger partial charge on any atom is -0.484 e. The van der Waals surface area contributed by atoms with Crippen LogP contribution in [0.5, 0.6) is 5.75 Å². The van der Waals surface area contributed by atoms with Crippen LogP contribution in [0.25, 0.3) is 16.6 Å². The number of pyridine rings is 1. The molecule has 2 N–H and O–H groups in total. The first-order chi connectivity index (χ1) is 20.6. The molecule has 0 aliphatic heterocycles. The molecule has 13 heteroatoms. The number of nitrogens with zero attached hydrogens (tertiary/aromatic N) is 4. The Bertz CT molecular complexity index is 1910. The lowest BCUT2D eigenvalue weighted by Crippen LogP contribution is -2.44. The second-order valence-electron chi connectivity index (χ2n) is 10.3. The number of ether oxygens (including phenoxy) is 1. The zero-order valence-corrected chi connectivity index (χ0v) is 26.5. The number of hydrogen-bond donors (Lipinski definition) is 2. The molecule has 0 fully saturated rings. The highest BCUT2D eigenvalue weighted by molar-refractivity contribution is 14.1. The summed E-state index contributed by atoms with van der Waals surface area (Å²) in [5, 5.41) is 15.0. The van der Waals surface area contributed by atoms with Gasteiger partial charge in [0.25, 0.3) is 21.5 Å². The summed E-state index contributed by atoms with van der Waals surface area (Å²) >= 11 is -1.84. The van der Waals surface area contributed by atoms with Crippen molar-refractivity contribution in [3.63, 3.8) is 0 Å². The van der Waals surface area contributed by atoms with Crippen molar-refractivity contribution in [2.45, 2.75) is 30.9 Å². The van der Waals surface area contributed by atoms with E-state index in [2.05, 4.69) is 9.82 Å². The number of rotatable bonds is 11. The van der Waals surface area contributed by atoms with E-state index in [0.717, 1.165) is 22.2 Å². The van der Waals surface area contributed by atoms with Crippen molar-refractivity contribution < 1.29 is 21.4 Å². The molecule has 0 aliphatic carbocycles. The van der Waals surface area contributed by atoms with Crippen LogP contribution in [0.3, 0.4) is 0 Å². The number of anilines is 1.